The number of rotatable bonds is 8. The number of halogens is 1. The standard InChI is InChI=1S/C19H32ClN3O3S/c1-5-27(25,26)22-15-6-8-23(9-7-15)18(24)12-21-16-10-14(4)19(20)17(11-16)13(2)3/h10-11,13,15,18,21-22,24H,5-9,12H2,1-4H3. The Kier molecular flexibility index (Phi) is 7.94. The number of nitrogens with zero attached hydrogens (tertiary/aromatic N) is 1. The lowest BCUT2D eigenvalue weighted by atomic mass is 10.00. The van der Waals surface area contributed by atoms with Gasteiger partial charge in [-0.1, -0.05) is 25.4 Å². The predicted octanol–water partition coefficient (Wildman–Crippen LogP) is 2.91. The van der Waals surface area contributed by atoms with Gasteiger partial charge in [0.1, 0.15) is 6.23 Å². The van der Waals surface area contributed by atoms with Gasteiger partial charge in [0, 0.05) is 29.8 Å². The number of sulfonamides is 1. The summed E-state index contributed by atoms with van der Waals surface area (Å²) in [6.07, 6.45) is 0.786. The number of benzene rings is 1. The molecule has 1 aliphatic rings. The van der Waals surface area contributed by atoms with Crippen molar-refractivity contribution in [3.05, 3.63) is 28.3 Å². The van der Waals surface area contributed by atoms with E-state index in [1.54, 1.807) is 6.92 Å². The number of aliphatic hydroxyl groups excluding tert-OH is 1. The number of aliphatic hydroxyl groups is 1. The number of nitrogens with one attached hydrogen (secondary N) is 2. The van der Waals surface area contributed by atoms with Crippen molar-refractivity contribution in [1.29, 1.82) is 0 Å². The molecule has 1 aromatic carbocycles. The monoisotopic (exact) mass is 417 g/mol. The SMILES string of the molecule is CCS(=O)(=O)NC1CCN(C(O)CNc2cc(C)c(Cl)c(C(C)C)c2)CC1. The van der Waals surface area contributed by atoms with Crippen molar-refractivity contribution in [2.75, 3.05) is 30.7 Å². The molecule has 0 radical (unpaired) electrons. The fourth-order valence-corrected chi connectivity index (χ4v) is 4.55. The Morgan fingerprint density at radius 2 is 1.93 bits per heavy atom. The number of anilines is 1. The Labute approximate surface area is 168 Å². The number of likely N-dealkylation sites (tertiary alicyclic amines) is 1. The number of hydrogen-bond donors (Lipinski definition) is 3. The molecule has 0 amide bonds. The molecule has 154 valence electrons. The minimum absolute atomic E-state index is 0.0427. The third-order valence-corrected chi connectivity index (χ3v) is 7.04. The average Bonchev–Trinajstić information content (AvgIpc) is 2.62. The third kappa shape index (κ3) is 6.32. The minimum Gasteiger partial charge on any atom is -0.381 e. The van der Waals surface area contributed by atoms with E-state index in [4.69, 9.17) is 11.6 Å². The quantitative estimate of drug-likeness (QED) is 0.605. The number of piperidine rings is 1. The van der Waals surface area contributed by atoms with Gasteiger partial charge in [-0.3, -0.25) is 4.90 Å². The van der Waals surface area contributed by atoms with Crippen molar-refractivity contribution in [1.82, 2.24) is 9.62 Å². The topological polar surface area (TPSA) is 81.7 Å². The van der Waals surface area contributed by atoms with E-state index in [-0.39, 0.29) is 11.8 Å². The van der Waals surface area contributed by atoms with E-state index in [1.165, 1.54) is 0 Å². The molecule has 2 rings (SSSR count). The van der Waals surface area contributed by atoms with E-state index >= 15 is 0 Å². The van der Waals surface area contributed by atoms with Crippen LogP contribution in [-0.4, -0.2) is 56.1 Å². The van der Waals surface area contributed by atoms with E-state index < -0.39 is 16.3 Å². The molecule has 8 heteroatoms. The van der Waals surface area contributed by atoms with Crippen molar-refractivity contribution in [3.8, 4) is 0 Å². The van der Waals surface area contributed by atoms with Gasteiger partial charge in [0.05, 0.1) is 12.3 Å². The summed E-state index contributed by atoms with van der Waals surface area (Å²) < 4.78 is 26.1. The van der Waals surface area contributed by atoms with Crippen molar-refractivity contribution in [3.63, 3.8) is 0 Å². The zero-order chi connectivity index (χ0) is 20.2. The van der Waals surface area contributed by atoms with Gasteiger partial charge in [0.25, 0.3) is 0 Å². The highest BCUT2D eigenvalue weighted by atomic mass is 35.5. The second-order valence-corrected chi connectivity index (χ2v) is 9.96. The molecular weight excluding hydrogens is 386 g/mol. The Morgan fingerprint density at radius 3 is 2.48 bits per heavy atom. The molecule has 0 spiro atoms. The largest absolute Gasteiger partial charge is 0.381 e. The van der Waals surface area contributed by atoms with Gasteiger partial charge in [0.2, 0.25) is 10.0 Å². The predicted molar refractivity (Wildman–Crippen MR) is 112 cm³/mol. The molecule has 0 aromatic heterocycles. The van der Waals surface area contributed by atoms with Gasteiger partial charge in [-0.15, -0.1) is 0 Å². The first-order chi connectivity index (χ1) is 12.6. The Balaban J connectivity index is 1.88. The maximum absolute atomic E-state index is 11.7. The van der Waals surface area contributed by atoms with Crippen LogP contribution in [0, 0.1) is 6.92 Å². The number of hydrogen-bond acceptors (Lipinski definition) is 5. The normalized spacial score (nSPS) is 18.0. The molecule has 1 unspecified atom stereocenters. The first-order valence-corrected chi connectivity index (χ1v) is 11.6. The summed E-state index contributed by atoms with van der Waals surface area (Å²) in [4.78, 5) is 1.98. The van der Waals surface area contributed by atoms with Gasteiger partial charge in [-0.25, -0.2) is 13.1 Å². The van der Waals surface area contributed by atoms with Crippen LogP contribution in [0.1, 0.15) is 50.7 Å². The van der Waals surface area contributed by atoms with Gasteiger partial charge in [-0.05, 0) is 55.9 Å². The Bertz CT molecular complexity index is 732. The van der Waals surface area contributed by atoms with Crippen LogP contribution in [0.4, 0.5) is 5.69 Å². The van der Waals surface area contributed by atoms with Crippen molar-refractivity contribution >= 4 is 27.3 Å². The average molecular weight is 418 g/mol. The summed E-state index contributed by atoms with van der Waals surface area (Å²) >= 11 is 6.38. The third-order valence-electron chi connectivity index (χ3n) is 5.07. The van der Waals surface area contributed by atoms with E-state index in [9.17, 15) is 13.5 Å². The summed E-state index contributed by atoms with van der Waals surface area (Å²) in [6, 6.07) is 3.99. The highest BCUT2D eigenvalue weighted by Gasteiger charge is 2.26. The first-order valence-electron chi connectivity index (χ1n) is 9.59. The molecule has 0 saturated carbocycles. The highest BCUT2D eigenvalue weighted by Crippen LogP contribution is 2.30. The van der Waals surface area contributed by atoms with Crippen molar-refractivity contribution < 1.29 is 13.5 Å². The summed E-state index contributed by atoms with van der Waals surface area (Å²) in [5.74, 6) is 0.423. The van der Waals surface area contributed by atoms with Crippen LogP contribution >= 0.6 is 11.6 Å². The van der Waals surface area contributed by atoms with Gasteiger partial charge in [0.15, 0.2) is 0 Å². The van der Waals surface area contributed by atoms with Gasteiger partial charge >= 0.3 is 0 Å². The van der Waals surface area contributed by atoms with Gasteiger partial charge < -0.3 is 10.4 Å². The first kappa shape index (κ1) is 22.4. The van der Waals surface area contributed by atoms with Crippen LogP contribution in [0.5, 0.6) is 0 Å². The molecule has 1 fully saturated rings. The lowest BCUT2D eigenvalue weighted by molar-refractivity contribution is -0.00155. The molecule has 6 nitrogen and oxygen atoms in total. The molecule has 1 aromatic rings. The maximum atomic E-state index is 11.7. The molecule has 27 heavy (non-hydrogen) atoms. The summed E-state index contributed by atoms with van der Waals surface area (Å²) in [5.41, 5.74) is 3.06. The minimum atomic E-state index is -3.18. The van der Waals surface area contributed by atoms with Crippen molar-refractivity contribution in [2.45, 2.75) is 58.7 Å². The van der Waals surface area contributed by atoms with Gasteiger partial charge in [-0.2, -0.15) is 0 Å². The van der Waals surface area contributed by atoms with Crippen LogP contribution < -0.4 is 10.0 Å². The Hall–Kier alpha value is -0.860. The summed E-state index contributed by atoms with van der Waals surface area (Å²) in [7, 11) is -3.18. The molecule has 1 heterocycles. The maximum Gasteiger partial charge on any atom is 0.211 e. The second-order valence-electron chi connectivity index (χ2n) is 7.54. The van der Waals surface area contributed by atoms with Crippen molar-refractivity contribution in [2.24, 2.45) is 0 Å². The molecule has 3 N–H and O–H groups in total. The van der Waals surface area contributed by atoms with Crippen LogP contribution in [0.15, 0.2) is 12.1 Å². The molecule has 1 aliphatic heterocycles. The lowest BCUT2D eigenvalue weighted by Crippen LogP contribution is -2.49. The lowest BCUT2D eigenvalue weighted by Gasteiger charge is -2.35. The molecule has 1 saturated heterocycles. The summed E-state index contributed by atoms with van der Waals surface area (Å²) in [6.45, 7) is 9.57. The van der Waals surface area contributed by atoms with Crippen LogP contribution in [0.3, 0.4) is 0 Å². The smallest absolute Gasteiger partial charge is 0.211 e. The van der Waals surface area contributed by atoms with E-state index in [2.05, 4.69) is 23.9 Å². The second kappa shape index (κ2) is 9.56. The number of aryl methyl sites for hydroxylation is 1. The molecule has 0 bridgehead atoms. The molecule has 0 aliphatic carbocycles. The zero-order valence-electron chi connectivity index (χ0n) is 16.6. The van der Waals surface area contributed by atoms with E-state index in [1.807, 2.05) is 24.0 Å². The molecule has 1 atom stereocenters. The fourth-order valence-electron chi connectivity index (χ4n) is 3.31. The zero-order valence-corrected chi connectivity index (χ0v) is 18.2. The molecular formula is C19H32ClN3O3S. The summed E-state index contributed by atoms with van der Waals surface area (Å²) in [5, 5.41) is 14.6. The van der Waals surface area contributed by atoms with Crippen LogP contribution in [0.2, 0.25) is 5.02 Å². The Morgan fingerprint density at radius 1 is 1.30 bits per heavy atom. The van der Waals surface area contributed by atoms with Crippen LogP contribution in [-0.2, 0) is 10.0 Å². The fraction of sp³-hybridized carbons (Fsp3) is 0.684. The van der Waals surface area contributed by atoms with E-state index in [0.29, 0.717) is 38.4 Å². The highest BCUT2D eigenvalue weighted by molar-refractivity contribution is 7.89. The van der Waals surface area contributed by atoms with Crippen LogP contribution in [0.25, 0.3) is 0 Å². The van der Waals surface area contributed by atoms with E-state index in [0.717, 1.165) is 21.8 Å².